The fourth-order valence-corrected chi connectivity index (χ4v) is 8.54. The molecule has 3 aliphatic rings. The van der Waals surface area contributed by atoms with Crippen LogP contribution in [0.15, 0.2) is 34.8 Å². The highest BCUT2D eigenvalue weighted by Crippen LogP contribution is 2.43. The number of nitrogens with one attached hydrogen (secondary N) is 1. The molecule has 5 rings (SSSR count). The van der Waals surface area contributed by atoms with Crippen molar-refractivity contribution in [1.82, 2.24) is 10.2 Å². The maximum Gasteiger partial charge on any atom is 0.393 e. The molecule has 1 aromatic carbocycles. The van der Waals surface area contributed by atoms with Crippen molar-refractivity contribution in [3.63, 3.8) is 0 Å². The summed E-state index contributed by atoms with van der Waals surface area (Å²) >= 11 is 6.53. The summed E-state index contributed by atoms with van der Waals surface area (Å²) in [6, 6.07) is 5.56. The van der Waals surface area contributed by atoms with Crippen LogP contribution in [0.5, 0.6) is 0 Å². The zero-order chi connectivity index (χ0) is 32.7. The van der Waals surface area contributed by atoms with Crippen molar-refractivity contribution >= 4 is 51.9 Å². The number of thiophene rings is 1. The summed E-state index contributed by atoms with van der Waals surface area (Å²) in [5.74, 6) is 5.79. The van der Waals surface area contributed by atoms with Gasteiger partial charge in [-0.1, -0.05) is 30.0 Å². The highest BCUT2D eigenvalue weighted by Gasteiger charge is 2.42. The zero-order valence-corrected chi connectivity index (χ0v) is 28.2. The van der Waals surface area contributed by atoms with Gasteiger partial charge in [0.1, 0.15) is 0 Å². The molecule has 0 radical (unpaired) electrons. The molecular weight excluding hydrogens is 634 g/mol. The molecule has 7 nitrogen and oxygen atoms in total. The third kappa shape index (κ3) is 8.86. The van der Waals surface area contributed by atoms with Crippen molar-refractivity contribution in [3.8, 4) is 11.8 Å². The van der Waals surface area contributed by atoms with Gasteiger partial charge < -0.3 is 24.6 Å². The highest BCUT2D eigenvalue weighted by atomic mass is 32.1. The molecule has 250 valence electrons. The molecule has 0 aliphatic carbocycles. The number of thiol groups is 1. The molecule has 2 aromatic rings. The van der Waals surface area contributed by atoms with E-state index in [-0.39, 0.29) is 30.0 Å². The third-order valence-corrected chi connectivity index (χ3v) is 10.8. The minimum atomic E-state index is -4.40. The summed E-state index contributed by atoms with van der Waals surface area (Å²) in [6.07, 6.45) is 2.23. The molecule has 1 N–H and O–H groups in total. The minimum Gasteiger partial charge on any atom is -0.379 e. The lowest BCUT2D eigenvalue weighted by Crippen LogP contribution is -2.59. The Labute approximate surface area is 279 Å². The number of nitrogens with zero attached hydrogens (tertiary/aromatic N) is 3. The molecule has 3 atom stereocenters. The maximum absolute atomic E-state index is 13.8. The number of piperidine rings is 1. The first-order valence-electron chi connectivity index (χ1n) is 15.9. The Hall–Kier alpha value is -2.56. The molecule has 12 heteroatoms. The first kappa shape index (κ1) is 34.8. The number of fused-ring (bicyclic) bond motifs is 3. The van der Waals surface area contributed by atoms with Crippen LogP contribution in [-0.2, 0) is 20.7 Å². The molecule has 0 saturated carbocycles. The Morgan fingerprint density at radius 3 is 2.76 bits per heavy atom. The first-order chi connectivity index (χ1) is 22.0. The van der Waals surface area contributed by atoms with Gasteiger partial charge >= 0.3 is 6.18 Å². The van der Waals surface area contributed by atoms with E-state index in [1.165, 1.54) is 11.3 Å². The standard InChI is InChI=1S/C34H43F3N4O3S2/c1-40-15-11-30-33(45,23-40)12-17-44-19-18-43-16-5-6-24-10-14-38-22-25(20-24)32(42)39-13-4-9-29-27(21-34(35,36)37)26-7-3-8-28(41(30)2)31(26)46-29/h3,7-8,20,22,24,30,45H,5-6,10-19,21,23H2,1-2H3,(H,39,42)/t24?,30-,33+/m0/s1. The quantitative estimate of drug-likeness (QED) is 0.308. The molecule has 0 spiro atoms. The van der Waals surface area contributed by atoms with Crippen molar-refractivity contribution in [2.24, 2.45) is 10.9 Å². The van der Waals surface area contributed by atoms with Crippen molar-refractivity contribution in [2.75, 3.05) is 71.6 Å². The van der Waals surface area contributed by atoms with Crippen LogP contribution < -0.4 is 10.2 Å². The summed E-state index contributed by atoms with van der Waals surface area (Å²) in [5, 5.41) is 3.36. The van der Waals surface area contributed by atoms with Crippen LogP contribution in [0.2, 0.25) is 0 Å². The Morgan fingerprint density at radius 2 is 1.96 bits per heavy atom. The van der Waals surface area contributed by atoms with E-state index in [0.29, 0.717) is 48.8 Å². The van der Waals surface area contributed by atoms with E-state index in [4.69, 9.17) is 22.1 Å². The molecule has 3 aliphatic heterocycles. The molecular formula is C34H43F3N4O3S2. The van der Waals surface area contributed by atoms with Crippen LogP contribution in [-0.4, -0.2) is 101 Å². The van der Waals surface area contributed by atoms with Crippen LogP contribution in [0.4, 0.5) is 18.9 Å². The molecule has 1 amide bonds. The van der Waals surface area contributed by atoms with Gasteiger partial charge in [0, 0.05) is 50.4 Å². The van der Waals surface area contributed by atoms with E-state index in [2.05, 4.69) is 39.0 Å². The largest absolute Gasteiger partial charge is 0.393 e. The molecule has 1 saturated heterocycles. The van der Waals surface area contributed by atoms with Gasteiger partial charge in [-0.3, -0.25) is 9.79 Å². The Morgan fingerprint density at radius 1 is 1.15 bits per heavy atom. The lowest BCUT2D eigenvalue weighted by atomic mass is 9.87. The van der Waals surface area contributed by atoms with Crippen molar-refractivity contribution in [2.45, 2.75) is 55.5 Å². The second-order valence-corrected chi connectivity index (χ2v) is 14.3. The van der Waals surface area contributed by atoms with Crippen LogP contribution in [0.3, 0.4) is 0 Å². The van der Waals surface area contributed by atoms with Gasteiger partial charge in [0.05, 0.1) is 47.0 Å². The predicted molar refractivity (Wildman–Crippen MR) is 183 cm³/mol. The van der Waals surface area contributed by atoms with Crippen molar-refractivity contribution in [3.05, 3.63) is 40.3 Å². The number of allylic oxidation sites excluding steroid dienone is 1. The van der Waals surface area contributed by atoms with Gasteiger partial charge in [-0.15, -0.1) is 11.3 Å². The molecule has 1 unspecified atom stereocenters. The van der Waals surface area contributed by atoms with Gasteiger partial charge in [0.25, 0.3) is 5.91 Å². The monoisotopic (exact) mass is 676 g/mol. The van der Waals surface area contributed by atoms with E-state index in [1.807, 2.05) is 25.3 Å². The highest BCUT2D eigenvalue weighted by molar-refractivity contribution is 7.82. The van der Waals surface area contributed by atoms with Gasteiger partial charge in [0.2, 0.25) is 0 Å². The van der Waals surface area contributed by atoms with E-state index in [9.17, 15) is 18.0 Å². The molecule has 4 heterocycles. The lowest BCUT2D eigenvalue weighted by Gasteiger charge is -2.49. The topological polar surface area (TPSA) is 66.4 Å². The zero-order valence-electron chi connectivity index (χ0n) is 26.5. The summed E-state index contributed by atoms with van der Waals surface area (Å²) in [5.41, 5.74) is 1.51. The number of likely N-dealkylation sites (tertiary alicyclic amines) is 1. The molecule has 4 bridgehead atoms. The number of carbonyl (C=O) groups excluding carboxylic acids is 1. The smallest absolute Gasteiger partial charge is 0.379 e. The average Bonchev–Trinajstić information content (AvgIpc) is 3.16. The van der Waals surface area contributed by atoms with Crippen LogP contribution in [0, 0.1) is 17.8 Å². The van der Waals surface area contributed by atoms with Crippen molar-refractivity contribution in [1.29, 1.82) is 0 Å². The number of amides is 1. The van der Waals surface area contributed by atoms with E-state index in [0.717, 1.165) is 55.6 Å². The number of aliphatic imine (C=N–C) groups is 1. The van der Waals surface area contributed by atoms with E-state index >= 15 is 0 Å². The van der Waals surface area contributed by atoms with Gasteiger partial charge in [-0.05, 0) is 68.6 Å². The number of hydrogen-bond acceptors (Lipinski definition) is 8. The van der Waals surface area contributed by atoms with Gasteiger partial charge in [-0.2, -0.15) is 25.8 Å². The Bertz CT molecular complexity index is 1500. The average molecular weight is 677 g/mol. The third-order valence-electron chi connectivity index (χ3n) is 8.96. The van der Waals surface area contributed by atoms with Gasteiger partial charge in [0.15, 0.2) is 0 Å². The molecule has 1 fully saturated rings. The summed E-state index contributed by atoms with van der Waals surface area (Å²) < 4.78 is 53.7. The molecule has 1 aromatic heterocycles. The van der Waals surface area contributed by atoms with Crippen LogP contribution >= 0.6 is 24.0 Å². The fourth-order valence-electron chi connectivity index (χ4n) is 6.66. The number of rotatable bonds is 1. The van der Waals surface area contributed by atoms with Crippen LogP contribution in [0.25, 0.3) is 10.1 Å². The summed E-state index contributed by atoms with van der Waals surface area (Å²) in [6.45, 7) is 4.43. The summed E-state index contributed by atoms with van der Waals surface area (Å²) in [7, 11) is 4.10. The van der Waals surface area contributed by atoms with E-state index < -0.39 is 17.3 Å². The normalized spacial score (nSPS) is 26.3. The number of benzene rings is 1. The minimum absolute atomic E-state index is 0.00875. The lowest BCUT2D eigenvalue weighted by molar-refractivity contribution is -0.127. The number of halogens is 3. The first-order valence-corrected chi connectivity index (χ1v) is 17.2. The maximum atomic E-state index is 13.8. The fraction of sp³-hybridized carbons (Fsp3) is 0.588. The van der Waals surface area contributed by atoms with Gasteiger partial charge in [-0.25, -0.2) is 0 Å². The predicted octanol–water partition coefficient (Wildman–Crippen LogP) is 5.52. The second kappa shape index (κ2) is 15.6. The Balaban J connectivity index is 1.48. The Kier molecular flexibility index (Phi) is 11.8. The number of carbonyl (C=O) groups is 1. The molecule has 46 heavy (non-hydrogen) atoms. The summed E-state index contributed by atoms with van der Waals surface area (Å²) in [4.78, 5) is 22.1. The number of hydrogen-bond donors (Lipinski definition) is 2. The number of alkyl halides is 3. The van der Waals surface area contributed by atoms with Crippen molar-refractivity contribution < 1.29 is 27.4 Å². The van der Waals surface area contributed by atoms with Crippen LogP contribution in [0.1, 0.15) is 42.5 Å². The number of ether oxygens (including phenoxy) is 2. The number of anilines is 1. The SMILES string of the molecule is CN1CC[C@@H]2N(C)c3cccc4c(CC(F)(F)F)c(sc34)C#CCNC(=O)C3=CC(CCCOCCOCC[C@@]2(S)C1)CCN=C3. The van der Waals surface area contributed by atoms with E-state index in [1.54, 1.807) is 12.3 Å². The second-order valence-electron chi connectivity index (χ2n) is 12.4.